The molecule has 2 atom stereocenters. The average molecular weight is 271 g/mol. The van der Waals surface area contributed by atoms with Crippen molar-refractivity contribution < 1.29 is 10.2 Å². The van der Waals surface area contributed by atoms with E-state index in [4.69, 9.17) is 40.5 Å². The van der Waals surface area contributed by atoms with Gasteiger partial charge >= 0.3 is 0 Å². The standard InChI is InChI=1S/C9H10Cl3NO2/c10-3-6(14)9(15)4-1-2-5(13)8(12)7(4)11/h1-2,6,9,14-15H,3,13H2. The van der Waals surface area contributed by atoms with E-state index in [1.165, 1.54) is 12.1 Å². The van der Waals surface area contributed by atoms with E-state index in [1.807, 2.05) is 0 Å². The summed E-state index contributed by atoms with van der Waals surface area (Å²) in [5.74, 6) is -0.0977. The minimum absolute atomic E-state index is 0.0977. The summed E-state index contributed by atoms with van der Waals surface area (Å²) >= 11 is 17.1. The van der Waals surface area contributed by atoms with Gasteiger partial charge in [-0.3, -0.25) is 0 Å². The summed E-state index contributed by atoms with van der Waals surface area (Å²) < 4.78 is 0. The highest BCUT2D eigenvalue weighted by Crippen LogP contribution is 2.35. The summed E-state index contributed by atoms with van der Waals surface area (Å²) in [7, 11) is 0. The van der Waals surface area contributed by atoms with Crippen LogP contribution in [0.4, 0.5) is 5.69 Å². The van der Waals surface area contributed by atoms with Crippen LogP contribution in [-0.2, 0) is 0 Å². The van der Waals surface area contributed by atoms with Crippen LogP contribution in [0.25, 0.3) is 0 Å². The molecule has 1 rings (SSSR count). The number of anilines is 1. The van der Waals surface area contributed by atoms with Gasteiger partial charge < -0.3 is 15.9 Å². The van der Waals surface area contributed by atoms with E-state index < -0.39 is 12.2 Å². The van der Waals surface area contributed by atoms with Crippen molar-refractivity contribution in [3.63, 3.8) is 0 Å². The van der Waals surface area contributed by atoms with Crippen LogP contribution < -0.4 is 5.73 Å². The predicted molar refractivity (Wildman–Crippen MR) is 62.6 cm³/mol. The number of rotatable bonds is 3. The number of halogens is 3. The molecule has 0 aliphatic heterocycles. The summed E-state index contributed by atoms with van der Waals surface area (Å²) in [5.41, 5.74) is 6.14. The molecule has 0 bridgehead atoms. The second-order valence-electron chi connectivity index (χ2n) is 3.04. The van der Waals surface area contributed by atoms with E-state index in [-0.39, 0.29) is 15.9 Å². The van der Waals surface area contributed by atoms with Gasteiger partial charge in [0.2, 0.25) is 0 Å². The molecule has 84 valence electrons. The maximum absolute atomic E-state index is 9.67. The van der Waals surface area contributed by atoms with Gasteiger partial charge in [0.05, 0.1) is 27.7 Å². The lowest BCUT2D eigenvalue weighted by molar-refractivity contribution is 0.0328. The van der Waals surface area contributed by atoms with Crippen molar-refractivity contribution in [3.8, 4) is 0 Å². The third-order valence-corrected chi connectivity index (χ3v) is 3.21. The molecule has 1 aromatic rings. The lowest BCUT2D eigenvalue weighted by Crippen LogP contribution is -2.20. The Hall–Kier alpha value is -0.190. The van der Waals surface area contributed by atoms with E-state index in [0.29, 0.717) is 11.3 Å². The van der Waals surface area contributed by atoms with E-state index in [9.17, 15) is 10.2 Å². The Labute approximate surface area is 102 Å². The largest absolute Gasteiger partial charge is 0.397 e. The Bertz CT molecular complexity index is 359. The molecule has 0 aliphatic rings. The zero-order valence-corrected chi connectivity index (χ0v) is 9.89. The monoisotopic (exact) mass is 269 g/mol. The lowest BCUT2D eigenvalue weighted by Gasteiger charge is -2.18. The number of alkyl halides is 1. The van der Waals surface area contributed by atoms with Crippen molar-refractivity contribution in [1.82, 2.24) is 0 Å². The Morgan fingerprint density at radius 1 is 1.20 bits per heavy atom. The first-order valence-corrected chi connectivity index (χ1v) is 5.43. The fourth-order valence-corrected chi connectivity index (χ4v) is 1.72. The SMILES string of the molecule is Nc1ccc(C(O)C(O)CCl)c(Cl)c1Cl. The second kappa shape index (κ2) is 5.23. The van der Waals surface area contributed by atoms with Crippen molar-refractivity contribution >= 4 is 40.5 Å². The van der Waals surface area contributed by atoms with Crippen LogP contribution >= 0.6 is 34.8 Å². The molecule has 0 saturated carbocycles. The lowest BCUT2D eigenvalue weighted by atomic mass is 10.0. The van der Waals surface area contributed by atoms with Crippen LogP contribution in [0.3, 0.4) is 0 Å². The molecule has 0 radical (unpaired) electrons. The number of hydrogen-bond acceptors (Lipinski definition) is 3. The van der Waals surface area contributed by atoms with Gasteiger partial charge in [0.1, 0.15) is 6.10 Å². The van der Waals surface area contributed by atoms with Gasteiger partial charge in [0.15, 0.2) is 0 Å². The molecule has 0 heterocycles. The highest BCUT2D eigenvalue weighted by atomic mass is 35.5. The van der Waals surface area contributed by atoms with Crippen LogP contribution in [0, 0.1) is 0 Å². The minimum atomic E-state index is -1.17. The average Bonchev–Trinajstić information content (AvgIpc) is 2.24. The van der Waals surface area contributed by atoms with Crippen LogP contribution in [0.15, 0.2) is 12.1 Å². The topological polar surface area (TPSA) is 66.5 Å². The van der Waals surface area contributed by atoms with Crippen molar-refractivity contribution in [2.45, 2.75) is 12.2 Å². The van der Waals surface area contributed by atoms with E-state index in [2.05, 4.69) is 0 Å². The minimum Gasteiger partial charge on any atom is -0.397 e. The third-order valence-electron chi connectivity index (χ3n) is 1.98. The molecule has 0 amide bonds. The van der Waals surface area contributed by atoms with Gasteiger partial charge in [-0.2, -0.15) is 0 Å². The predicted octanol–water partition coefficient (Wildman–Crippen LogP) is 2.21. The van der Waals surface area contributed by atoms with E-state index >= 15 is 0 Å². The van der Waals surface area contributed by atoms with Gasteiger partial charge in [-0.15, -0.1) is 11.6 Å². The van der Waals surface area contributed by atoms with Gasteiger partial charge in [0.25, 0.3) is 0 Å². The number of aliphatic hydroxyl groups excluding tert-OH is 2. The zero-order chi connectivity index (χ0) is 11.6. The molecule has 0 aromatic heterocycles. The van der Waals surface area contributed by atoms with Gasteiger partial charge in [0, 0.05) is 5.56 Å². The molecular weight excluding hydrogens is 260 g/mol. The van der Waals surface area contributed by atoms with Crippen molar-refractivity contribution in [2.24, 2.45) is 0 Å². The molecule has 0 saturated heterocycles. The number of aliphatic hydroxyl groups is 2. The summed E-state index contributed by atoms with van der Waals surface area (Å²) in [4.78, 5) is 0. The van der Waals surface area contributed by atoms with Gasteiger partial charge in [-0.05, 0) is 6.07 Å². The van der Waals surface area contributed by atoms with Gasteiger partial charge in [-0.1, -0.05) is 29.3 Å². The fraction of sp³-hybridized carbons (Fsp3) is 0.333. The van der Waals surface area contributed by atoms with Crippen molar-refractivity contribution in [1.29, 1.82) is 0 Å². The Kier molecular flexibility index (Phi) is 4.49. The number of benzene rings is 1. The second-order valence-corrected chi connectivity index (χ2v) is 4.10. The summed E-state index contributed by atoms with van der Waals surface area (Å²) in [5, 5.41) is 19.3. The Balaban J connectivity index is 3.10. The maximum Gasteiger partial charge on any atom is 0.108 e. The Morgan fingerprint density at radius 2 is 1.80 bits per heavy atom. The molecule has 3 nitrogen and oxygen atoms in total. The van der Waals surface area contributed by atoms with Gasteiger partial charge in [-0.25, -0.2) is 0 Å². The Morgan fingerprint density at radius 3 is 2.33 bits per heavy atom. The van der Waals surface area contributed by atoms with Crippen LogP contribution in [0.2, 0.25) is 10.0 Å². The molecule has 0 spiro atoms. The molecule has 0 fully saturated rings. The molecular formula is C9H10Cl3NO2. The van der Waals surface area contributed by atoms with E-state index in [1.54, 1.807) is 0 Å². The number of hydrogen-bond donors (Lipinski definition) is 3. The molecule has 15 heavy (non-hydrogen) atoms. The van der Waals surface area contributed by atoms with Crippen molar-refractivity contribution in [3.05, 3.63) is 27.7 Å². The molecule has 2 unspecified atom stereocenters. The summed E-state index contributed by atoms with van der Waals surface area (Å²) in [6, 6.07) is 3.01. The van der Waals surface area contributed by atoms with Crippen LogP contribution in [0.1, 0.15) is 11.7 Å². The van der Waals surface area contributed by atoms with Crippen molar-refractivity contribution in [2.75, 3.05) is 11.6 Å². The maximum atomic E-state index is 9.67. The molecule has 6 heteroatoms. The van der Waals surface area contributed by atoms with Crippen LogP contribution in [-0.4, -0.2) is 22.2 Å². The summed E-state index contributed by atoms with van der Waals surface area (Å²) in [6.45, 7) is 0. The third kappa shape index (κ3) is 2.68. The first-order valence-electron chi connectivity index (χ1n) is 4.14. The van der Waals surface area contributed by atoms with E-state index in [0.717, 1.165) is 0 Å². The smallest absolute Gasteiger partial charge is 0.108 e. The zero-order valence-electron chi connectivity index (χ0n) is 7.62. The first kappa shape index (κ1) is 12.9. The first-order chi connectivity index (χ1) is 6.99. The number of nitrogens with two attached hydrogens (primary N) is 1. The number of nitrogen functional groups attached to an aromatic ring is 1. The summed E-state index contributed by atoms with van der Waals surface area (Å²) in [6.07, 6.45) is -2.27. The molecule has 1 aromatic carbocycles. The molecule has 0 aliphatic carbocycles. The molecule has 4 N–H and O–H groups in total. The normalized spacial score (nSPS) is 15.0. The highest BCUT2D eigenvalue weighted by Gasteiger charge is 2.21. The fourth-order valence-electron chi connectivity index (χ4n) is 1.10. The highest BCUT2D eigenvalue weighted by molar-refractivity contribution is 6.44. The quantitative estimate of drug-likeness (QED) is 0.583. The van der Waals surface area contributed by atoms with Crippen LogP contribution in [0.5, 0.6) is 0 Å².